The Hall–Kier alpha value is -0.900. The molecule has 0 radical (unpaired) electrons. The largest absolute Gasteiger partial charge is 0.381 e. The van der Waals surface area contributed by atoms with Crippen LogP contribution in [0.2, 0.25) is 0 Å². The molecular weight excluding hydrogens is 479 g/mol. The molecule has 2 N–H and O–H groups in total. The van der Waals surface area contributed by atoms with Gasteiger partial charge in [-0.1, -0.05) is 24.3 Å². The first-order valence-electron chi connectivity index (χ1n) is 10.6. The predicted octanol–water partition coefficient (Wildman–Crippen LogP) is 3.25. The number of nitrogens with zero attached hydrogens (tertiary/aromatic N) is 2. The molecule has 7 heteroatoms. The highest BCUT2D eigenvalue weighted by Crippen LogP contribution is 2.14. The maximum Gasteiger partial charge on any atom is 0.191 e. The van der Waals surface area contributed by atoms with Crippen molar-refractivity contribution < 1.29 is 9.47 Å². The third-order valence-corrected chi connectivity index (χ3v) is 4.81. The van der Waals surface area contributed by atoms with E-state index in [1.54, 1.807) is 0 Å². The zero-order valence-electron chi connectivity index (χ0n) is 18.3. The minimum atomic E-state index is 0. The van der Waals surface area contributed by atoms with Gasteiger partial charge in [0.2, 0.25) is 0 Å². The number of hydrogen-bond donors (Lipinski definition) is 2. The van der Waals surface area contributed by atoms with Gasteiger partial charge in [0.05, 0.1) is 6.54 Å². The number of rotatable bonds is 11. The van der Waals surface area contributed by atoms with E-state index in [0.717, 1.165) is 71.3 Å². The molecule has 0 aliphatic carbocycles. The lowest BCUT2D eigenvalue weighted by molar-refractivity contribution is 0.0203. The van der Waals surface area contributed by atoms with E-state index in [4.69, 9.17) is 14.5 Å². The second-order valence-corrected chi connectivity index (χ2v) is 7.61. The van der Waals surface area contributed by atoms with Crippen LogP contribution in [0.1, 0.15) is 37.3 Å². The number of halogens is 1. The van der Waals surface area contributed by atoms with Gasteiger partial charge in [-0.15, -0.1) is 24.0 Å². The summed E-state index contributed by atoms with van der Waals surface area (Å²) in [5, 5.41) is 6.75. The van der Waals surface area contributed by atoms with Gasteiger partial charge in [0.1, 0.15) is 0 Å². The van der Waals surface area contributed by atoms with Crippen LogP contribution in [0.15, 0.2) is 29.3 Å². The Morgan fingerprint density at radius 3 is 2.59 bits per heavy atom. The molecule has 166 valence electrons. The van der Waals surface area contributed by atoms with Crippen LogP contribution in [-0.4, -0.2) is 64.5 Å². The topological polar surface area (TPSA) is 58.1 Å². The van der Waals surface area contributed by atoms with Crippen molar-refractivity contribution in [2.45, 2.75) is 39.3 Å². The number of hydrogen-bond acceptors (Lipinski definition) is 4. The Balaban J connectivity index is 0.00000420. The lowest BCUT2D eigenvalue weighted by Gasteiger charge is -2.21. The summed E-state index contributed by atoms with van der Waals surface area (Å²) in [5.74, 6) is 1.54. The number of benzene rings is 1. The first-order valence-corrected chi connectivity index (χ1v) is 10.6. The van der Waals surface area contributed by atoms with Crippen LogP contribution in [0.3, 0.4) is 0 Å². The molecule has 1 aliphatic heterocycles. The van der Waals surface area contributed by atoms with Gasteiger partial charge in [-0.05, 0) is 57.3 Å². The fraction of sp³-hybridized carbons (Fsp3) is 0.682. The van der Waals surface area contributed by atoms with E-state index in [1.807, 2.05) is 0 Å². The van der Waals surface area contributed by atoms with Crippen LogP contribution < -0.4 is 10.6 Å². The molecule has 0 spiro atoms. The summed E-state index contributed by atoms with van der Waals surface area (Å²) in [6.45, 7) is 8.83. The highest BCUT2D eigenvalue weighted by atomic mass is 127. The van der Waals surface area contributed by atoms with Gasteiger partial charge in [0, 0.05) is 46.1 Å². The SMILES string of the molecule is CCNC(=NCc1ccccc1CN(C)C)NCCCOCC1CCOCC1.I. The minimum Gasteiger partial charge on any atom is -0.381 e. The van der Waals surface area contributed by atoms with Gasteiger partial charge in [0.25, 0.3) is 0 Å². The van der Waals surface area contributed by atoms with E-state index in [-0.39, 0.29) is 24.0 Å². The molecule has 0 aromatic heterocycles. The normalized spacial score (nSPS) is 15.2. The summed E-state index contributed by atoms with van der Waals surface area (Å²) in [5.41, 5.74) is 2.60. The fourth-order valence-corrected chi connectivity index (χ4v) is 3.26. The highest BCUT2D eigenvalue weighted by Gasteiger charge is 2.13. The molecule has 1 heterocycles. The Morgan fingerprint density at radius 2 is 1.90 bits per heavy atom. The molecule has 0 saturated carbocycles. The Morgan fingerprint density at radius 1 is 1.17 bits per heavy atom. The second kappa shape index (κ2) is 15.9. The van der Waals surface area contributed by atoms with Gasteiger partial charge in [0.15, 0.2) is 5.96 Å². The summed E-state index contributed by atoms with van der Waals surface area (Å²) in [6, 6.07) is 8.52. The first-order chi connectivity index (χ1) is 13.7. The minimum absolute atomic E-state index is 0. The average Bonchev–Trinajstić information content (AvgIpc) is 2.70. The molecule has 0 atom stereocenters. The van der Waals surface area contributed by atoms with Crippen molar-refractivity contribution >= 4 is 29.9 Å². The van der Waals surface area contributed by atoms with Crippen LogP contribution in [0, 0.1) is 5.92 Å². The summed E-state index contributed by atoms with van der Waals surface area (Å²) in [6.07, 6.45) is 3.24. The van der Waals surface area contributed by atoms with Crippen molar-refractivity contribution in [2.75, 3.05) is 53.6 Å². The van der Waals surface area contributed by atoms with E-state index in [1.165, 1.54) is 11.1 Å². The zero-order valence-corrected chi connectivity index (χ0v) is 20.6. The van der Waals surface area contributed by atoms with E-state index < -0.39 is 0 Å². The molecule has 1 aliphatic rings. The molecule has 1 aromatic rings. The average molecular weight is 518 g/mol. The lowest BCUT2D eigenvalue weighted by atomic mass is 10.0. The van der Waals surface area contributed by atoms with E-state index in [9.17, 15) is 0 Å². The van der Waals surface area contributed by atoms with E-state index in [0.29, 0.717) is 12.5 Å². The molecule has 0 amide bonds. The van der Waals surface area contributed by atoms with Gasteiger partial charge < -0.3 is 25.0 Å². The third kappa shape index (κ3) is 11.2. The molecule has 6 nitrogen and oxygen atoms in total. The van der Waals surface area contributed by atoms with Crippen LogP contribution in [-0.2, 0) is 22.6 Å². The summed E-state index contributed by atoms with van der Waals surface area (Å²) >= 11 is 0. The summed E-state index contributed by atoms with van der Waals surface area (Å²) in [4.78, 5) is 6.95. The zero-order chi connectivity index (χ0) is 20.0. The maximum atomic E-state index is 5.84. The lowest BCUT2D eigenvalue weighted by Crippen LogP contribution is -2.38. The third-order valence-electron chi connectivity index (χ3n) is 4.81. The van der Waals surface area contributed by atoms with Crippen LogP contribution >= 0.6 is 24.0 Å². The van der Waals surface area contributed by atoms with Crippen molar-refractivity contribution in [1.29, 1.82) is 0 Å². The van der Waals surface area contributed by atoms with Gasteiger partial charge in [-0.2, -0.15) is 0 Å². The van der Waals surface area contributed by atoms with Gasteiger partial charge in [-0.3, -0.25) is 0 Å². The van der Waals surface area contributed by atoms with Gasteiger partial charge >= 0.3 is 0 Å². The summed E-state index contributed by atoms with van der Waals surface area (Å²) in [7, 11) is 4.19. The van der Waals surface area contributed by atoms with Crippen molar-refractivity contribution in [3.05, 3.63) is 35.4 Å². The standard InChI is InChI=1S/C22H38N4O2.HI/c1-4-23-22(24-12-7-13-28-18-19-10-14-27-15-11-19)25-16-20-8-5-6-9-21(20)17-26(2)3;/h5-6,8-9,19H,4,7,10-18H2,1-3H3,(H2,23,24,25);1H. The number of nitrogens with one attached hydrogen (secondary N) is 2. The van der Waals surface area contributed by atoms with E-state index in [2.05, 4.69) is 60.8 Å². The van der Waals surface area contributed by atoms with Crippen molar-refractivity contribution in [3.8, 4) is 0 Å². The van der Waals surface area contributed by atoms with E-state index >= 15 is 0 Å². The molecule has 0 unspecified atom stereocenters. The Labute approximate surface area is 193 Å². The predicted molar refractivity (Wildman–Crippen MR) is 131 cm³/mol. The number of guanidine groups is 1. The number of aliphatic imine (C=N–C) groups is 1. The van der Waals surface area contributed by atoms with Gasteiger partial charge in [-0.25, -0.2) is 4.99 Å². The quantitative estimate of drug-likeness (QED) is 0.204. The summed E-state index contributed by atoms with van der Waals surface area (Å²) < 4.78 is 11.2. The second-order valence-electron chi connectivity index (χ2n) is 7.61. The maximum absolute atomic E-state index is 5.84. The van der Waals surface area contributed by atoms with Crippen LogP contribution in [0.4, 0.5) is 0 Å². The molecule has 1 aromatic carbocycles. The van der Waals surface area contributed by atoms with Crippen molar-refractivity contribution in [1.82, 2.24) is 15.5 Å². The molecule has 1 fully saturated rings. The van der Waals surface area contributed by atoms with Crippen molar-refractivity contribution in [2.24, 2.45) is 10.9 Å². The highest BCUT2D eigenvalue weighted by molar-refractivity contribution is 14.0. The monoisotopic (exact) mass is 518 g/mol. The first kappa shape index (κ1) is 26.1. The van der Waals surface area contributed by atoms with Crippen molar-refractivity contribution in [3.63, 3.8) is 0 Å². The Bertz CT molecular complexity index is 578. The fourth-order valence-electron chi connectivity index (χ4n) is 3.26. The molecule has 29 heavy (non-hydrogen) atoms. The molecule has 0 bridgehead atoms. The molecule has 2 rings (SSSR count). The smallest absolute Gasteiger partial charge is 0.191 e. The molecule has 1 saturated heterocycles. The van der Waals surface area contributed by atoms with Crippen LogP contribution in [0.25, 0.3) is 0 Å². The molecular formula is C22H39IN4O2. The number of ether oxygens (including phenoxy) is 2. The van der Waals surface area contributed by atoms with Crippen LogP contribution in [0.5, 0.6) is 0 Å². The Kier molecular flexibility index (Phi) is 14.3.